The molecule has 8 heteroatoms. The van der Waals surface area contributed by atoms with Gasteiger partial charge in [0.15, 0.2) is 0 Å². The maximum absolute atomic E-state index is 9.63. The predicted molar refractivity (Wildman–Crippen MR) is 22.6 cm³/mol. The number of nitrogens with zero attached hydrogens (tertiary/aromatic N) is 2. The molecule has 0 bridgehead atoms. The Bertz CT molecular complexity index is 124. The summed E-state index contributed by atoms with van der Waals surface area (Å²) in [7, 11) is 0. The molecular formula is C2H3KN2O5. The summed E-state index contributed by atoms with van der Waals surface area (Å²) < 4.78 is 0. The van der Waals surface area contributed by atoms with E-state index in [0.717, 1.165) is 0 Å². The first kappa shape index (κ1) is 13.0. The summed E-state index contributed by atoms with van der Waals surface area (Å²) in [5.74, 6) is 0. The zero-order valence-corrected chi connectivity index (χ0v) is 8.34. The number of hydrogen-bond donors (Lipinski definition) is 0. The van der Waals surface area contributed by atoms with Gasteiger partial charge in [-0.05, 0) is 0 Å². The Morgan fingerprint density at radius 2 is 1.50 bits per heavy atom. The van der Waals surface area contributed by atoms with Gasteiger partial charge in [-0.15, -0.1) is 0 Å². The zero-order chi connectivity index (χ0) is 7.44. The fourth-order valence-electron chi connectivity index (χ4n) is 0.199. The van der Waals surface area contributed by atoms with E-state index in [1.807, 2.05) is 0 Å². The molecule has 0 rings (SSSR count). The van der Waals surface area contributed by atoms with Gasteiger partial charge in [-0.1, -0.05) is 0 Å². The molecule has 0 atom stereocenters. The van der Waals surface area contributed by atoms with Gasteiger partial charge in [-0.25, -0.2) is 0 Å². The Kier molecular flexibility index (Phi) is 7.98. The third kappa shape index (κ3) is 4.25. The van der Waals surface area contributed by atoms with E-state index in [-0.39, 0.29) is 51.4 Å². The predicted octanol–water partition coefficient (Wildman–Crippen LogP) is -4.77. The van der Waals surface area contributed by atoms with Crippen LogP contribution in [-0.4, -0.2) is 22.6 Å². The van der Waals surface area contributed by atoms with E-state index in [2.05, 4.69) is 0 Å². The normalized spacial score (nSPS) is 8.60. The first-order valence-corrected chi connectivity index (χ1v) is 1.94. The minimum atomic E-state index is -2.19. The van der Waals surface area contributed by atoms with Crippen molar-refractivity contribution >= 4 is 0 Å². The molecule has 0 aliphatic carbocycles. The van der Waals surface area contributed by atoms with E-state index in [1.54, 1.807) is 0 Å². The largest absolute Gasteiger partial charge is 1.00 e. The van der Waals surface area contributed by atoms with Gasteiger partial charge >= 0.3 is 57.6 Å². The van der Waals surface area contributed by atoms with E-state index >= 15 is 0 Å². The van der Waals surface area contributed by atoms with Crippen molar-refractivity contribution in [1.29, 1.82) is 0 Å². The summed E-state index contributed by atoms with van der Waals surface area (Å²) in [5, 5.41) is 28.7. The molecule has 7 nitrogen and oxygen atoms in total. The van der Waals surface area contributed by atoms with Crippen LogP contribution in [0.25, 0.3) is 0 Å². The van der Waals surface area contributed by atoms with Gasteiger partial charge in [0.2, 0.25) is 0 Å². The van der Waals surface area contributed by atoms with Crippen molar-refractivity contribution in [2.45, 2.75) is 6.17 Å². The monoisotopic (exact) mass is 174 g/mol. The van der Waals surface area contributed by atoms with Gasteiger partial charge in [0.1, 0.15) is 0 Å². The molecule has 0 radical (unpaired) electrons. The van der Waals surface area contributed by atoms with Crippen LogP contribution in [0.15, 0.2) is 0 Å². The van der Waals surface area contributed by atoms with Crippen LogP contribution in [0.5, 0.6) is 0 Å². The second kappa shape index (κ2) is 6.13. The molecule has 0 saturated heterocycles. The molecule has 0 aromatic rings. The quantitative estimate of drug-likeness (QED) is 0.184. The smallest absolute Gasteiger partial charge is 0.844 e. The van der Waals surface area contributed by atoms with Crippen LogP contribution < -0.4 is 56.5 Å². The number of rotatable bonds is 3. The molecule has 0 spiro atoms. The molecular weight excluding hydrogens is 171 g/mol. The Hall–Kier alpha value is 0.396. The fourth-order valence-corrected chi connectivity index (χ4v) is 0.199. The van der Waals surface area contributed by atoms with Crippen molar-refractivity contribution in [2.75, 3.05) is 6.61 Å². The molecule has 52 valence electrons. The minimum Gasteiger partial charge on any atom is -0.844 e. The van der Waals surface area contributed by atoms with E-state index < -0.39 is 22.6 Å². The van der Waals surface area contributed by atoms with Crippen molar-refractivity contribution in [3.63, 3.8) is 0 Å². The second-order valence-electron chi connectivity index (χ2n) is 1.22. The maximum Gasteiger partial charge on any atom is 1.00 e. The maximum atomic E-state index is 9.63. The fraction of sp³-hybridized carbons (Fsp3) is 1.00. The summed E-state index contributed by atoms with van der Waals surface area (Å²) in [6.45, 7) is -1.32. The Balaban J connectivity index is 0. The van der Waals surface area contributed by atoms with Gasteiger partial charge in [0.25, 0.3) is 0 Å². The van der Waals surface area contributed by atoms with Crippen LogP contribution in [0.4, 0.5) is 0 Å². The van der Waals surface area contributed by atoms with Crippen molar-refractivity contribution in [3.05, 3.63) is 20.2 Å². The van der Waals surface area contributed by atoms with Gasteiger partial charge in [0.05, 0.1) is 9.85 Å². The standard InChI is InChI=1S/C2H3N2O5.K/c5-1-2(3(6)7)4(8)9;/h2H,1H2;/q-1;+1. The van der Waals surface area contributed by atoms with E-state index in [1.165, 1.54) is 0 Å². The molecule has 0 aliphatic heterocycles. The van der Waals surface area contributed by atoms with Crippen LogP contribution in [0.2, 0.25) is 0 Å². The first-order valence-electron chi connectivity index (χ1n) is 1.94. The first-order chi connectivity index (χ1) is 4.09. The van der Waals surface area contributed by atoms with Crippen molar-refractivity contribution in [2.24, 2.45) is 0 Å². The number of nitro groups is 2. The van der Waals surface area contributed by atoms with Gasteiger partial charge in [0, 0.05) is 6.61 Å². The van der Waals surface area contributed by atoms with Crippen molar-refractivity contribution in [1.82, 2.24) is 0 Å². The third-order valence-corrected chi connectivity index (χ3v) is 0.636. The Morgan fingerprint density at radius 3 is 1.50 bits per heavy atom. The SMILES string of the molecule is O=[N+]([O-])C(C[O-])[N+](=O)[O-].[K+]. The Morgan fingerprint density at radius 1 is 1.20 bits per heavy atom. The summed E-state index contributed by atoms with van der Waals surface area (Å²) >= 11 is 0. The summed E-state index contributed by atoms with van der Waals surface area (Å²) in [6.07, 6.45) is -2.19. The average molecular weight is 174 g/mol. The Labute approximate surface area is 98.1 Å². The van der Waals surface area contributed by atoms with Crippen LogP contribution >= 0.6 is 0 Å². The van der Waals surface area contributed by atoms with Gasteiger partial charge < -0.3 is 5.11 Å². The average Bonchev–Trinajstić information content (AvgIpc) is 1.64. The second-order valence-corrected chi connectivity index (χ2v) is 1.22. The van der Waals surface area contributed by atoms with Gasteiger partial charge in [-0.2, -0.15) is 0 Å². The molecule has 0 aromatic carbocycles. The van der Waals surface area contributed by atoms with E-state index in [0.29, 0.717) is 0 Å². The van der Waals surface area contributed by atoms with Gasteiger partial charge in [-0.3, -0.25) is 20.2 Å². The molecule has 0 aromatic heterocycles. The van der Waals surface area contributed by atoms with Crippen molar-refractivity contribution < 1.29 is 66.3 Å². The van der Waals surface area contributed by atoms with Crippen LogP contribution in [-0.2, 0) is 0 Å². The van der Waals surface area contributed by atoms with E-state index in [9.17, 15) is 25.3 Å². The molecule has 0 fully saturated rings. The van der Waals surface area contributed by atoms with Crippen LogP contribution in [0.1, 0.15) is 0 Å². The van der Waals surface area contributed by atoms with E-state index in [4.69, 9.17) is 0 Å². The molecule has 0 unspecified atom stereocenters. The molecule has 0 heterocycles. The molecule has 0 saturated carbocycles. The summed E-state index contributed by atoms with van der Waals surface area (Å²) in [5.41, 5.74) is 0. The molecule has 0 N–H and O–H groups in total. The van der Waals surface area contributed by atoms with Crippen LogP contribution in [0.3, 0.4) is 0 Å². The minimum absolute atomic E-state index is 0. The van der Waals surface area contributed by atoms with Crippen molar-refractivity contribution in [3.8, 4) is 0 Å². The van der Waals surface area contributed by atoms with Crippen LogP contribution in [0, 0.1) is 20.2 Å². The molecule has 0 amide bonds. The number of hydrogen-bond acceptors (Lipinski definition) is 5. The summed E-state index contributed by atoms with van der Waals surface area (Å²) in [4.78, 5) is 16.6. The molecule has 10 heavy (non-hydrogen) atoms. The molecule has 0 aliphatic rings. The third-order valence-electron chi connectivity index (χ3n) is 0.636. The summed E-state index contributed by atoms with van der Waals surface area (Å²) in [6, 6.07) is 0. The zero-order valence-electron chi connectivity index (χ0n) is 5.22. The topological polar surface area (TPSA) is 109 Å².